The first-order chi connectivity index (χ1) is 21.6. The number of likely N-dealkylation sites (N-methyl/N-ethyl adjacent to an activating group) is 2. The van der Waals surface area contributed by atoms with E-state index in [9.17, 15) is 5.26 Å². The van der Waals surface area contributed by atoms with Crippen molar-refractivity contribution in [3.8, 4) is 29.7 Å². The van der Waals surface area contributed by atoms with Gasteiger partial charge in [0.05, 0.1) is 22.4 Å². The van der Waals surface area contributed by atoms with Crippen LogP contribution < -0.4 is 15.1 Å². The lowest BCUT2D eigenvalue weighted by molar-refractivity contribution is 0.311. The minimum atomic E-state index is -0.902. The summed E-state index contributed by atoms with van der Waals surface area (Å²) < 4.78 is 32.1. The first kappa shape index (κ1) is 30.6. The van der Waals surface area contributed by atoms with Crippen LogP contribution >= 0.6 is 0 Å². The molecule has 0 spiro atoms. The van der Waals surface area contributed by atoms with Crippen molar-refractivity contribution in [3.63, 3.8) is 0 Å². The molecule has 2 aromatic heterocycles. The molecule has 0 radical (unpaired) electrons. The molecule has 0 bridgehead atoms. The van der Waals surface area contributed by atoms with Crippen molar-refractivity contribution in [2.45, 2.75) is 44.6 Å². The second-order valence-electron chi connectivity index (χ2n) is 12.8. The van der Waals surface area contributed by atoms with Crippen LogP contribution in [0.25, 0.3) is 32.9 Å². The summed E-state index contributed by atoms with van der Waals surface area (Å²) in [4.78, 5) is 20.8. The zero-order valence-corrected chi connectivity index (χ0v) is 26.3. The fourth-order valence-corrected chi connectivity index (χ4v) is 6.35. The van der Waals surface area contributed by atoms with Crippen molar-refractivity contribution >= 4 is 33.4 Å². The number of rotatable bonds is 6. The SMILES string of the molecule is C#Cc1c(F)ccc2cc(C(C)(C)C#N)cc(-c3ncc4c(N(C)C[C@H]5CCCCN5)nc(N5CCN(C)CC5)nc4c3F)c12. The van der Waals surface area contributed by atoms with Gasteiger partial charge in [0.15, 0.2) is 5.82 Å². The molecule has 8 nitrogen and oxygen atoms in total. The van der Waals surface area contributed by atoms with Gasteiger partial charge in [-0.05, 0) is 69.4 Å². The Morgan fingerprint density at radius 3 is 2.60 bits per heavy atom. The summed E-state index contributed by atoms with van der Waals surface area (Å²) in [6.07, 6.45) is 10.8. The lowest BCUT2D eigenvalue weighted by Gasteiger charge is -2.33. The van der Waals surface area contributed by atoms with Crippen LogP contribution in [0, 0.1) is 35.3 Å². The molecule has 10 heteroatoms. The van der Waals surface area contributed by atoms with E-state index in [4.69, 9.17) is 16.4 Å². The van der Waals surface area contributed by atoms with E-state index in [2.05, 4.69) is 44.0 Å². The van der Waals surface area contributed by atoms with E-state index in [1.807, 2.05) is 7.05 Å². The number of piperidine rings is 1. The molecular weight excluding hydrogens is 570 g/mol. The Bertz CT molecular complexity index is 1840. The second-order valence-corrected chi connectivity index (χ2v) is 12.8. The molecular formula is C35H38F2N8. The molecule has 2 fully saturated rings. The highest BCUT2D eigenvalue weighted by Gasteiger charge is 2.28. The van der Waals surface area contributed by atoms with E-state index in [0.717, 1.165) is 52.0 Å². The molecule has 0 aliphatic carbocycles. The van der Waals surface area contributed by atoms with Crippen LogP contribution in [0.4, 0.5) is 20.5 Å². The number of hydrogen-bond acceptors (Lipinski definition) is 8. The predicted octanol–water partition coefficient (Wildman–Crippen LogP) is 5.24. The maximum absolute atomic E-state index is 17.0. The highest BCUT2D eigenvalue weighted by molar-refractivity contribution is 6.03. The lowest BCUT2D eigenvalue weighted by atomic mass is 9.82. The number of pyridine rings is 1. The smallest absolute Gasteiger partial charge is 0.228 e. The number of terminal acetylenes is 1. The minimum Gasteiger partial charge on any atom is -0.357 e. The molecule has 232 valence electrons. The van der Waals surface area contributed by atoms with Gasteiger partial charge in [-0.3, -0.25) is 4.98 Å². The Labute approximate surface area is 263 Å². The number of nitrogens with one attached hydrogen (secondary N) is 1. The molecule has 4 heterocycles. The van der Waals surface area contributed by atoms with Gasteiger partial charge in [0, 0.05) is 63.0 Å². The van der Waals surface area contributed by atoms with E-state index in [1.165, 1.54) is 6.07 Å². The number of aromatic nitrogens is 3. The number of fused-ring (bicyclic) bond motifs is 2. The molecule has 0 unspecified atom stereocenters. The third-order valence-electron chi connectivity index (χ3n) is 9.17. The maximum Gasteiger partial charge on any atom is 0.228 e. The summed E-state index contributed by atoms with van der Waals surface area (Å²) in [5, 5.41) is 15.0. The molecule has 45 heavy (non-hydrogen) atoms. The highest BCUT2D eigenvalue weighted by Crippen LogP contribution is 2.39. The first-order valence-corrected chi connectivity index (χ1v) is 15.5. The van der Waals surface area contributed by atoms with Crippen LogP contribution in [0.2, 0.25) is 0 Å². The molecule has 0 amide bonds. The zero-order chi connectivity index (χ0) is 31.9. The van der Waals surface area contributed by atoms with Gasteiger partial charge in [-0.1, -0.05) is 18.4 Å². The van der Waals surface area contributed by atoms with E-state index in [1.54, 1.807) is 38.2 Å². The van der Waals surface area contributed by atoms with Gasteiger partial charge in [0.2, 0.25) is 5.95 Å². The number of hydrogen-bond donors (Lipinski definition) is 1. The lowest BCUT2D eigenvalue weighted by Crippen LogP contribution is -2.45. The molecule has 1 atom stereocenters. The Morgan fingerprint density at radius 2 is 1.91 bits per heavy atom. The maximum atomic E-state index is 17.0. The molecule has 2 aromatic carbocycles. The quantitative estimate of drug-likeness (QED) is 0.298. The van der Waals surface area contributed by atoms with Gasteiger partial charge in [-0.15, -0.1) is 6.42 Å². The van der Waals surface area contributed by atoms with Crippen LogP contribution in [0.3, 0.4) is 0 Å². The van der Waals surface area contributed by atoms with Crippen molar-refractivity contribution in [2.75, 3.05) is 63.2 Å². The monoisotopic (exact) mass is 608 g/mol. The van der Waals surface area contributed by atoms with Crippen molar-refractivity contribution in [2.24, 2.45) is 0 Å². The minimum absolute atomic E-state index is 0.00392. The molecule has 4 aromatic rings. The summed E-state index contributed by atoms with van der Waals surface area (Å²) in [5.41, 5.74) is 0.213. The number of nitrogens with zero attached hydrogens (tertiary/aromatic N) is 7. The van der Waals surface area contributed by atoms with Gasteiger partial charge >= 0.3 is 0 Å². The Balaban J connectivity index is 1.58. The van der Waals surface area contributed by atoms with Crippen LogP contribution in [-0.4, -0.2) is 79.3 Å². The van der Waals surface area contributed by atoms with Gasteiger partial charge in [-0.2, -0.15) is 10.2 Å². The van der Waals surface area contributed by atoms with E-state index < -0.39 is 17.0 Å². The number of benzene rings is 2. The van der Waals surface area contributed by atoms with Crippen molar-refractivity contribution in [3.05, 3.63) is 53.2 Å². The summed E-state index contributed by atoms with van der Waals surface area (Å²) >= 11 is 0. The average Bonchev–Trinajstić information content (AvgIpc) is 3.05. The van der Waals surface area contributed by atoms with Crippen molar-refractivity contribution < 1.29 is 8.78 Å². The van der Waals surface area contributed by atoms with Crippen molar-refractivity contribution in [1.82, 2.24) is 25.2 Å². The van der Waals surface area contributed by atoms with E-state index in [-0.39, 0.29) is 16.8 Å². The molecule has 2 saturated heterocycles. The van der Waals surface area contributed by atoms with Crippen LogP contribution in [0.1, 0.15) is 44.2 Å². The predicted molar refractivity (Wildman–Crippen MR) is 175 cm³/mol. The summed E-state index contributed by atoms with van der Waals surface area (Å²) in [5.74, 6) is 2.30. The average molecular weight is 609 g/mol. The van der Waals surface area contributed by atoms with Gasteiger partial charge in [0.1, 0.15) is 22.8 Å². The van der Waals surface area contributed by atoms with Gasteiger partial charge in [-0.25, -0.2) is 13.8 Å². The Hall–Kier alpha value is -4.38. The molecule has 2 aliphatic rings. The van der Waals surface area contributed by atoms with Crippen LogP contribution in [0.5, 0.6) is 0 Å². The van der Waals surface area contributed by atoms with E-state index in [0.29, 0.717) is 51.6 Å². The summed E-state index contributed by atoms with van der Waals surface area (Å²) in [7, 11) is 4.05. The number of nitriles is 1. The Kier molecular flexibility index (Phi) is 8.30. The summed E-state index contributed by atoms with van der Waals surface area (Å²) in [6, 6.07) is 9.03. The zero-order valence-electron chi connectivity index (χ0n) is 26.3. The van der Waals surface area contributed by atoms with Crippen LogP contribution in [0.15, 0.2) is 30.5 Å². The molecule has 1 N–H and O–H groups in total. The fourth-order valence-electron chi connectivity index (χ4n) is 6.35. The standard InChI is InChI=1S/C35H38F2N8/c1-6-25-28(36)11-10-22-17-23(35(2,3)21-38)18-26(29(22)25)31-30(37)32-27(19-40-31)33(44(5)20-24-9-7-8-12-39-24)42-34(41-32)45-15-13-43(4)14-16-45/h1,10-11,17-19,24,39H,7-9,12-16,20H2,2-5H3/t24-/m1/s1. The summed E-state index contributed by atoms with van der Waals surface area (Å²) in [6.45, 7) is 8.38. The largest absolute Gasteiger partial charge is 0.357 e. The number of piperazine rings is 1. The molecule has 2 aliphatic heterocycles. The number of halogens is 2. The normalized spacial score (nSPS) is 17.8. The highest BCUT2D eigenvalue weighted by atomic mass is 19.1. The van der Waals surface area contributed by atoms with E-state index >= 15 is 8.78 Å². The Morgan fingerprint density at radius 1 is 1.13 bits per heavy atom. The number of anilines is 2. The van der Waals surface area contributed by atoms with Crippen LogP contribution in [-0.2, 0) is 5.41 Å². The fraction of sp³-hybridized carbons (Fsp3) is 0.429. The molecule has 6 rings (SSSR count). The topological polar surface area (TPSA) is 84.2 Å². The third kappa shape index (κ3) is 5.77. The molecule has 0 saturated carbocycles. The van der Waals surface area contributed by atoms with Gasteiger partial charge in [0.25, 0.3) is 0 Å². The van der Waals surface area contributed by atoms with Crippen molar-refractivity contribution in [1.29, 1.82) is 5.26 Å². The first-order valence-electron chi connectivity index (χ1n) is 15.5. The third-order valence-corrected chi connectivity index (χ3v) is 9.17. The van der Waals surface area contributed by atoms with Gasteiger partial charge < -0.3 is 20.0 Å². The second kappa shape index (κ2) is 12.2.